The van der Waals surface area contributed by atoms with E-state index >= 15 is 0 Å². The maximum Gasteiger partial charge on any atom is 0.0554 e. The van der Waals surface area contributed by atoms with E-state index in [1.54, 1.807) is 0 Å². The Morgan fingerprint density at radius 1 is 0.346 bits per heavy atom. The van der Waals surface area contributed by atoms with Crippen molar-refractivity contribution in [1.82, 2.24) is 0 Å². The normalized spacial score (nSPS) is 11.5. The molecule has 244 valence electrons. The summed E-state index contributed by atoms with van der Waals surface area (Å²) in [6, 6.07) is 73.0. The predicted octanol–water partition coefficient (Wildman–Crippen LogP) is 14.8. The minimum Gasteiger partial charge on any atom is -0.310 e. The van der Waals surface area contributed by atoms with Crippen molar-refractivity contribution in [3.8, 4) is 33.4 Å². The van der Waals surface area contributed by atoms with Crippen molar-refractivity contribution >= 4 is 70.1 Å². The predicted molar refractivity (Wildman–Crippen MR) is 225 cm³/mol. The first-order valence-electron chi connectivity index (χ1n) is 17.8. The number of rotatable bonds is 6. The second-order valence-electron chi connectivity index (χ2n) is 13.3. The molecule has 0 N–H and O–H groups in total. The van der Waals surface area contributed by atoms with Crippen LogP contribution in [0.25, 0.3) is 75.1 Å². The van der Waals surface area contributed by atoms with Crippen molar-refractivity contribution in [2.24, 2.45) is 0 Å². The van der Waals surface area contributed by atoms with Crippen molar-refractivity contribution in [1.29, 1.82) is 0 Å². The van der Waals surface area contributed by atoms with Gasteiger partial charge in [0.2, 0.25) is 0 Å². The summed E-state index contributed by atoms with van der Waals surface area (Å²) < 4.78 is 2.59. The third kappa shape index (κ3) is 5.24. The van der Waals surface area contributed by atoms with Gasteiger partial charge in [0.15, 0.2) is 0 Å². The van der Waals surface area contributed by atoms with Gasteiger partial charge in [-0.15, -0.1) is 11.3 Å². The molecule has 0 aliphatic rings. The zero-order valence-electron chi connectivity index (χ0n) is 28.4. The Balaban J connectivity index is 1.15. The molecule has 0 saturated heterocycles. The lowest BCUT2D eigenvalue weighted by molar-refractivity contribution is 1.30. The summed E-state index contributed by atoms with van der Waals surface area (Å²) in [5.74, 6) is 0. The van der Waals surface area contributed by atoms with Crippen LogP contribution in [0.3, 0.4) is 0 Å². The largest absolute Gasteiger partial charge is 0.310 e. The van der Waals surface area contributed by atoms with E-state index in [4.69, 9.17) is 0 Å². The fourth-order valence-corrected chi connectivity index (χ4v) is 8.91. The van der Waals surface area contributed by atoms with Gasteiger partial charge in [-0.05, 0) is 103 Å². The van der Waals surface area contributed by atoms with Crippen LogP contribution in [-0.2, 0) is 0 Å². The number of anilines is 3. The van der Waals surface area contributed by atoms with E-state index in [-0.39, 0.29) is 0 Å². The zero-order valence-corrected chi connectivity index (χ0v) is 29.2. The van der Waals surface area contributed by atoms with Gasteiger partial charge in [0, 0.05) is 31.5 Å². The van der Waals surface area contributed by atoms with E-state index in [2.05, 4.69) is 205 Å². The highest BCUT2D eigenvalue weighted by Gasteiger charge is 2.20. The Morgan fingerprint density at radius 3 is 1.85 bits per heavy atom. The average Bonchev–Trinajstić information content (AvgIpc) is 3.61. The van der Waals surface area contributed by atoms with Crippen LogP contribution in [0, 0.1) is 0 Å². The number of thiophene rings is 1. The molecule has 0 spiro atoms. The number of benzene rings is 9. The Labute approximate surface area is 307 Å². The summed E-state index contributed by atoms with van der Waals surface area (Å²) >= 11 is 1.86. The molecule has 10 rings (SSSR count). The standard InChI is InChI=1S/C50H33NS/c1-2-14-37(15-3-1)49-43-19-7-6-13-35(43)28-31-44(49)36-26-29-41(30-27-36)51(46-21-11-23-48-50(46)45-20-8-9-22-47(45)52-48)42-18-10-17-39(33-42)40-25-24-34-12-4-5-16-38(34)32-40/h1-33H. The van der Waals surface area contributed by atoms with Gasteiger partial charge in [0.05, 0.1) is 5.69 Å². The number of hydrogen-bond acceptors (Lipinski definition) is 2. The van der Waals surface area contributed by atoms with Crippen LogP contribution in [0.5, 0.6) is 0 Å². The van der Waals surface area contributed by atoms with Crippen LogP contribution >= 0.6 is 11.3 Å². The minimum atomic E-state index is 1.12. The van der Waals surface area contributed by atoms with Crippen LogP contribution in [0.4, 0.5) is 17.1 Å². The summed E-state index contributed by atoms with van der Waals surface area (Å²) in [6.07, 6.45) is 0. The van der Waals surface area contributed by atoms with Crippen LogP contribution in [-0.4, -0.2) is 0 Å². The molecule has 0 radical (unpaired) electrons. The van der Waals surface area contributed by atoms with E-state index in [1.807, 2.05) is 11.3 Å². The van der Waals surface area contributed by atoms with E-state index in [1.165, 1.54) is 80.8 Å². The van der Waals surface area contributed by atoms with Gasteiger partial charge < -0.3 is 4.90 Å². The van der Waals surface area contributed by atoms with Gasteiger partial charge in [-0.25, -0.2) is 0 Å². The summed E-state index contributed by atoms with van der Waals surface area (Å²) in [4.78, 5) is 2.44. The molecular formula is C50H33NS. The molecule has 1 nitrogen and oxygen atoms in total. The lowest BCUT2D eigenvalue weighted by Gasteiger charge is -2.27. The van der Waals surface area contributed by atoms with Gasteiger partial charge in [-0.2, -0.15) is 0 Å². The van der Waals surface area contributed by atoms with Crippen molar-refractivity contribution in [3.05, 3.63) is 200 Å². The van der Waals surface area contributed by atoms with E-state index < -0.39 is 0 Å². The third-order valence-corrected chi connectivity index (χ3v) is 11.4. The number of nitrogens with zero attached hydrogens (tertiary/aromatic N) is 1. The smallest absolute Gasteiger partial charge is 0.0554 e. The fraction of sp³-hybridized carbons (Fsp3) is 0. The Kier molecular flexibility index (Phi) is 7.41. The summed E-state index contributed by atoms with van der Waals surface area (Å²) in [6.45, 7) is 0. The van der Waals surface area contributed by atoms with Crippen LogP contribution < -0.4 is 4.90 Å². The molecule has 0 unspecified atom stereocenters. The summed E-state index contributed by atoms with van der Waals surface area (Å²) in [5, 5.41) is 7.57. The molecule has 1 heterocycles. The quantitative estimate of drug-likeness (QED) is 0.169. The monoisotopic (exact) mass is 679 g/mol. The van der Waals surface area contributed by atoms with Gasteiger partial charge in [0.25, 0.3) is 0 Å². The van der Waals surface area contributed by atoms with Crippen LogP contribution in [0.15, 0.2) is 200 Å². The van der Waals surface area contributed by atoms with Gasteiger partial charge >= 0.3 is 0 Å². The number of fused-ring (bicyclic) bond motifs is 5. The molecular weight excluding hydrogens is 647 g/mol. The second-order valence-corrected chi connectivity index (χ2v) is 14.4. The molecule has 0 atom stereocenters. The maximum absolute atomic E-state index is 2.44. The van der Waals surface area contributed by atoms with Crippen molar-refractivity contribution in [2.45, 2.75) is 0 Å². The molecule has 0 aliphatic carbocycles. The first-order valence-corrected chi connectivity index (χ1v) is 18.6. The molecule has 2 heteroatoms. The first-order chi connectivity index (χ1) is 25.8. The van der Waals surface area contributed by atoms with Crippen molar-refractivity contribution < 1.29 is 0 Å². The van der Waals surface area contributed by atoms with Crippen molar-refractivity contribution in [3.63, 3.8) is 0 Å². The van der Waals surface area contributed by atoms with Crippen molar-refractivity contribution in [2.75, 3.05) is 4.90 Å². The van der Waals surface area contributed by atoms with E-state index in [9.17, 15) is 0 Å². The van der Waals surface area contributed by atoms with E-state index in [0.717, 1.165) is 11.4 Å². The van der Waals surface area contributed by atoms with Gasteiger partial charge in [-0.1, -0.05) is 152 Å². The molecule has 0 aliphatic heterocycles. The highest BCUT2D eigenvalue weighted by atomic mass is 32.1. The molecule has 10 aromatic rings. The highest BCUT2D eigenvalue weighted by molar-refractivity contribution is 7.26. The zero-order chi connectivity index (χ0) is 34.4. The fourth-order valence-electron chi connectivity index (χ4n) is 7.78. The SMILES string of the molecule is c1ccc(-c2c(-c3ccc(N(c4cccc(-c5ccc6ccccc6c5)c4)c4cccc5sc6ccccc6c45)cc3)ccc3ccccc23)cc1. The van der Waals surface area contributed by atoms with E-state index in [0.29, 0.717) is 0 Å². The highest BCUT2D eigenvalue weighted by Crippen LogP contribution is 2.46. The average molecular weight is 680 g/mol. The molecule has 1 aromatic heterocycles. The second kappa shape index (κ2) is 12.7. The molecule has 0 saturated carbocycles. The Hall–Kier alpha value is -6.48. The Morgan fingerprint density at radius 2 is 0.981 bits per heavy atom. The topological polar surface area (TPSA) is 3.24 Å². The minimum absolute atomic E-state index is 1.12. The summed E-state index contributed by atoms with van der Waals surface area (Å²) in [7, 11) is 0. The van der Waals surface area contributed by atoms with Gasteiger partial charge in [-0.3, -0.25) is 0 Å². The van der Waals surface area contributed by atoms with Crippen LogP contribution in [0.2, 0.25) is 0 Å². The van der Waals surface area contributed by atoms with Gasteiger partial charge in [0.1, 0.15) is 0 Å². The maximum atomic E-state index is 2.44. The third-order valence-electron chi connectivity index (χ3n) is 10.2. The molecule has 0 bridgehead atoms. The molecule has 9 aromatic carbocycles. The molecule has 0 fully saturated rings. The Bertz CT molecular complexity index is 2900. The first kappa shape index (κ1) is 30.4. The number of hydrogen-bond donors (Lipinski definition) is 0. The van der Waals surface area contributed by atoms with Crippen LogP contribution in [0.1, 0.15) is 0 Å². The summed E-state index contributed by atoms with van der Waals surface area (Å²) in [5.41, 5.74) is 10.7. The lowest BCUT2D eigenvalue weighted by atomic mass is 9.90. The molecule has 52 heavy (non-hydrogen) atoms. The lowest BCUT2D eigenvalue weighted by Crippen LogP contribution is -2.10. The molecule has 0 amide bonds.